The molecular weight excluding hydrogens is 231 g/mol. The first-order valence-corrected chi connectivity index (χ1v) is 13.3. The molecule has 0 saturated carbocycles. The molecule has 0 spiro atoms. The molecule has 0 aromatic carbocycles. The molecular formula is C8H21FO2Si3. The van der Waals surface area contributed by atoms with Gasteiger partial charge < -0.3 is 8.23 Å². The van der Waals surface area contributed by atoms with Gasteiger partial charge in [0, 0.05) is 0 Å². The van der Waals surface area contributed by atoms with Gasteiger partial charge in [-0.25, -0.2) is 4.11 Å². The summed E-state index contributed by atoms with van der Waals surface area (Å²) in [6.07, 6.45) is 0. The van der Waals surface area contributed by atoms with Crippen LogP contribution in [0.5, 0.6) is 0 Å². The van der Waals surface area contributed by atoms with Gasteiger partial charge in [0.2, 0.25) is 0 Å². The molecule has 0 heterocycles. The minimum absolute atomic E-state index is 1.24. The van der Waals surface area contributed by atoms with Crippen LogP contribution >= 0.6 is 0 Å². The highest BCUT2D eigenvalue weighted by atomic mass is 28.5. The van der Waals surface area contributed by atoms with E-state index in [-0.39, 0.29) is 0 Å². The fourth-order valence-corrected chi connectivity index (χ4v) is 8.83. The lowest BCUT2D eigenvalue weighted by atomic mass is 11.3. The molecule has 0 aromatic rings. The van der Waals surface area contributed by atoms with Crippen LogP contribution in [0.1, 0.15) is 0 Å². The van der Waals surface area contributed by atoms with Crippen LogP contribution in [0, 0.1) is 0 Å². The monoisotopic (exact) mass is 252 g/mol. The first kappa shape index (κ1) is 14.2. The van der Waals surface area contributed by atoms with E-state index in [0.29, 0.717) is 0 Å². The summed E-state index contributed by atoms with van der Waals surface area (Å²) in [6, 6.07) is 0. The summed E-state index contributed by atoms with van der Waals surface area (Å²) in [5, 5.41) is 0. The number of hydrogen-bond donors (Lipinski definition) is 0. The van der Waals surface area contributed by atoms with Gasteiger partial charge in [0.25, 0.3) is 0 Å². The summed E-state index contributed by atoms with van der Waals surface area (Å²) in [5.74, 6) is 0. The zero-order chi connectivity index (χ0) is 11.6. The van der Waals surface area contributed by atoms with E-state index in [2.05, 4.69) is 6.58 Å². The van der Waals surface area contributed by atoms with Crippen molar-refractivity contribution in [1.82, 2.24) is 0 Å². The maximum Gasteiger partial charge on any atom is 0.547 e. The third-order valence-corrected chi connectivity index (χ3v) is 8.75. The Hall–Kier alpha value is 0.241. The number of halogens is 1. The van der Waals surface area contributed by atoms with Crippen molar-refractivity contribution in [3.8, 4) is 0 Å². The number of hydrogen-bond acceptors (Lipinski definition) is 2. The molecule has 0 rings (SSSR count). The predicted octanol–water partition coefficient (Wildman–Crippen LogP) is 3.32. The Morgan fingerprint density at radius 1 is 0.929 bits per heavy atom. The van der Waals surface area contributed by atoms with Crippen molar-refractivity contribution in [1.29, 1.82) is 0 Å². The number of rotatable bonds is 5. The standard InChI is InChI=1S/C8H21FO2Si3/c1-8-14(9,10-12(2,3)4)11-13(5,6)7/h8H,1H2,2-7H3. The van der Waals surface area contributed by atoms with Crippen molar-refractivity contribution in [3.63, 3.8) is 0 Å². The second-order valence-corrected chi connectivity index (χ2v) is 16.9. The smallest absolute Gasteiger partial charge is 0.411 e. The highest BCUT2D eigenvalue weighted by Gasteiger charge is 2.44. The molecule has 84 valence electrons. The van der Waals surface area contributed by atoms with Gasteiger partial charge in [0.15, 0.2) is 16.6 Å². The average Bonchev–Trinajstić information content (AvgIpc) is 1.78. The van der Waals surface area contributed by atoms with E-state index in [9.17, 15) is 4.11 Å². The summed E-state index contributed by atoms with van der Waals surface area (Å²) in [4.78, 5) is 0. The average molecular weight is 253 g/mol. The van der Waals surface area contributed by atoms with Crippen LogP contribution in [-0.4, -0.2) is 25.5 Å². The largest absolute Gasteiger partial charge is 0.547 e. The highest BCUT2D eigenvalue weighted by molar-refractivity contribution is 6.87. The Labute approximate surface area is 89.8 Å². The molecule has 0 unspecified atom stereocenters. The van der Waals surface area contributed by atoms with Crippen LogP contribution in [-0.2, 0) is 8.23 Å². The molecule has 2 nitrogen and oxygen atoms in total. The molecule has 0 saturated heterocycles. The van der Waals surface area contributed by atoms with Crippen LogP contribution in [0.3, 0.4) is 0 Å². The Kier molecular flexibility index (Phi) is 4.47. The van der Waals surface area contributed by atoms with E-state index in [1.165, 1.54) is 5.70 Å². The minimum atomic E-state index is -3.61. The Morgan fingerprint density at radius 2 is 1.21 bits per heavy atom. The van der Waals surface area contributed by atoms with E-state index in [1.54, 1.807) is 0 Å². The van der Waals surface area contributed by atoms with Gasteiger partial charge in [-0.1, -0.05) is 6.58 Å². The first-order chi connectivity index (χ1) is 5.97. The normalized spacial score (nSPS) is 14.2. The van der Waals surface area contributed by atoms with Crippen molar-refractivity contribution in [3.05, 3.63) is 12.3 Å². The molecule has 0 amide bonds. The van der Waals surface area contributed by atoms with Gasteiger partial charge in [0.1, 0.15) is 0 Å². The van der Waals surface area contributed by atoms with Gasteiger partial charge >= 0.3 is 8.89 Å². The summed E-state index contributed by atoms with van der Waals surface area (Å²) < 4.78 is 25.1. The van der Waals surface area contributed by atoms with Crippen molar-refractivity contribution in [2.75, 3.05) is 0 Å². The molecule has 0 aromatic heterocycles. The molecule has 0 bridgehead atoms. The molecule has 0 N–H and O–H groups in total. The van der Waals surface area contributed by atoms with Crippen molar-refractivity contribution in [2.45, 2.75) is 39.3 Å². The van der Waals surface area contributed by atoms with Gasteiger partial charge in [-0.05, 0) is 45.0 Å². The molecule has 0 aliphatic heterocycles. The van der Waals surface area contributed by atoms with Crippen molar-refractivity contribution >= 4 is 25.5 Å². The molecule has 0 aliphatic carbocycles. The van der Waals surface area contributed by atoms with Crippen LogP contribution < -0.4 is 0 Å². The van der Waals surface area contributed by atoms with E-state index < -0.39 is 25.5 Å². The fraction of sp³-hybridized carbons (Fsp3) is 0.750. The molecule has 6 heteroatoms. The lowest BCUT2D eigenvalue weighted by Gasteiger charge is -2.31. The molecule has 0 radical (unpaired) electrons. The Balaban J connectivity index is 4.57. The van der Waals surface area contributed by atoms with E-state index in [4.69, 9.17) is 8.23 Å². The fourth-order valence-electron chi connectivity index (χ4n) is 0.939. The van der Waals surface area contributed by atoms with Crippen LogP contribution in [0.2, 0.25) is 39.3 Å². The van der Waals surface area contributed by atoms with E-state index >= 15 is 0 Å². The quantitative estimate of drug-likeness (QED) is 0.552. The summed E-state index contributed by atoms with van der Waals surface area (Å²) in [6.45, 7) is 15.2. The third-order valence-electron chi connectivity index (χ3n) is 1.13. The van der Waals surface area contributed by atoms with E-state index in [1.807, 2.05) is 39.3 Å². The summed E-state index contributed by atoms with van der Waals surface area (Å²) in [7, 11) is -7.41. The highest BCUT2D eigenvalue weighted by Crippen LogP contribution is 2.22. The molecule has 0 atom stereocenters. The summed E-state index contributed by atoms with van der Waals surface area (Å²) >= 11 is 0. The van der Waals surface area contributed by atoms with Crippen molar-refractivity contribution < 1.29 is 12.3 Å². The topological polar surface area (TPSA) is 18.5 Å². The maximum atomic E-state index is 14.2. The Bertz CT molecular complexity index is 192. The lowest BCUT2D eigenvalue weighted by molar-refractivity contribution is 0.325. The van der Waals surface area contributed by atoms with Crippen LogP contribution in [0.25, 0.3) is 0 Å². The van der Waals surface area contributed by atoms with Gasteiger partial charge in [-0.3, -0.25) is 0 Å². The zero-order valence-corrected chi connectivity index (χ0v) is 13.0. The lowest BCUT2D eigenvalue weighted by Crippen LogP contribution is -2.50. The molecule has 0 fully saturated rings. The SMILES string of the molecule is C=C[Si](F)(O[Si](C)(C)C)O[Si](C)(C)C. The van der Waals surface area contributed by atoms with Crippen LogP contribution in [0.4, 0.5) is 4.11 Å². The second kappa shape index (κ2) is 4.40. The molecule has 14 heavy (non-hydrogen) atoms. The third kappa shape index (κ3) is 6.66. The van der Waals surface area contributed by atoms with Gasteiger partial charge in [-0.2, -0.15) is 0 Å². The maximum absolute atomic E-state index is 14.2. The Morgan fingerprint density at radius 3 is 1.36 bits per heavy atom. The van der Waals surface area contributed by atoms with Crippen molar-refractivity contribution in [2.24, 2.45) is 0 Å². The van der Waals surface area contributed by atoms with Gasteiger partial charge in [-0.15, -0.1) is 0 Å². The first-order valence-electron chi connectivity index (χ1n) is 4.70. The van der Waals surface area contributed by atoms with Crippen LogP contribution in [0.15, 0.2) is 12.3 Å². The minimum Gasteiger partial charge on any atom is -0.411 e. The summed E-state index contributed by atoms with van der Waals surface area (Å²) in [5.41, 5.74) is 1.24. The zero-order valence-electron chi connectivity index (χ0n) is 9.98. The predicted molar refractivity (Wildman–Crippen MR) is 65.9 cm³/mol. The van der Waals surface area contributed by atoms with Gasteiger partial charge in [0.05, 0.1) is 0 Å². The second-order valence-electron chi connectivity index (χ2n) is 5.22. The molecule has 0 aliphatic rings. The van der Waals surface area contributed by atoms with E-state index in [0.717, 1.165) is 0 Å².